The molecule has 11 heavy (non-hydrogen) atoms. The van der Waals surface area contributed by atoms with Crippen LogP contribution >= 0.6 is 7.60 Å². The Hall–Kier alpha value is 0.110. The van der Waals surface area contributed by atoms with Crippen LogP contribution in [0.5, 0.6) is 0 Å². The molecule has 5 heteroatoms. The van der Waals surface area contributed by atoms with Gasteiger partial charge in [0.05, 0.1) is 6.61 Å². The molecule has 0 aromatic rings. The Morgan fingerprint density at radius 2 is 2.09 bits per heavy atom. The minimum absolute atomic E-state index is 0.252. The highest BCUT2D eigenvalue weighted by Crippen LogP contribution is 2.40. The van der Waals surface area contributed by atoms with E-state index in [4.69, 9.17) is 10.00 Å². The number of rotatable bonds is 6. The summed E-state index contributed by atoms with van der Waals surface area (Å²) in [5.74, 6) is 0. The van der Waals surface area contributed by atoms with Crippen LogP contribution in [0.1, 0.15) is 26.2 Å². The summed E-state index contributed by atoms with van der Waals surface area (Å²) in [5, 5.41) is 8.31. The predicted molar refractivity (Wildman–Crippen MR) is 42.4 cm³/mol. The van der Waals surface area contributed by atoms with Gasteiger partial charge in [0, 0.05) is 0 Å². The van der Waals surface area contributed by atoms with E-state index >= 15 is 0 Å². The largest absolute Gasteiger partial charge is 0.384 e. The minimum Gasteiger partial charge on any atom is -0.384 e. The standard InChI is InChI=1S/C6H15O4P/c1-2-3-4-5-10-11(8,9)6-7/h7H,2-6H2,1H3,(H,8,9). The maximum Gasteiger partial charge on any atom is 0.353 e. The summed E-state index contributed by atoms with van der Waals surface area (Å²) in [7, 11) is -3.66. The molecule has 2 N–H and O–H groups in total. The maximum absolute atomic E-state index is 10.6. The molecule has 68 valence electrons. The Kier molecular flexibility index (Phi) is 5.78. The van der Waals surface area contributed by atoms with Crippen molar-refractivity contribution in [3.05, 3.63) is 0 Å². The Bertz CT molecular complexity index is 137. The number of aliphatic hydroxyl groups excluding tert-OH is 1. The fourth-order valence-electron chi connectivity index (χ4n) is 0.600. The van der Waals surface area contributed by atoms with E-state index < -0.39 is 13.9 Å². The summed E-state index contributed by atoms with van der Waals surface area (Å²) in [6.45, 7) is 2.28. The third-order valence-corrected chi connectivity index (χ3v) is 2.16. The van der Waals surface area contributed by atoms with Gasteiger partial charge in [-0.2, -0.15) is 0 Å². The lowest BCUT2D eigenvalue weighted by Crippen LogP contribution is -1.95. The second-order valence-corrected chi connectivity index (χ2v) is 4.14. The SMILES string of the molecule is CCCCCOP(=O)(O)CO. The number of hydrogen-bond donors (Lipinski definition) is 2. The normalized spacial score (nSPS) is 16.3. The molecule has 0 amide bonds. The van der Waals surface area contributed by atoms with E-state index in [0.29, 0.717) is 0 Å². The predicted octanol–water partition coefficient (Wildman–Crippen LogP) is 1.33. The summed E-state index contributed by atoms with van der Waals surface area (Å²) in [5.41, 5.74) is 0. The van der Waals surface area contributed by atoms with Crippen LogP contribution in [0, 0.1) is 0 Å². The van der Waals surface area contributed by atoms with Crippen molar-refractivity contribution in [2.24, 2.45) is 0 Å². The molecule has 0 heterocycles. The van der Waals surface area contributed by atoms with Gasteiger partial charge in [0.15, 0.2) is 0 Å². The average Bonchev–Trinajstić information content (AvgIpc) is 1.99. The molecule has 0 spiro atoms. The Balaban J connectivity index is 3.31. The average molecular weight is 182 g/mol. The third kappa shape index (κ3) is 6.51. The van der Waals surface area contributed by atoms with Crippen LogP contribution in [0.25, 0.3) is 0 Å². The Morgan fingerprint density at radius 1 is 1.45 bits per heavy atom. The van der Waals surface area contributed by atoms with Crippen LogP contribution in [0.15, 0.2) is 0 Å². The maximum atomic E-state index is 10.6. The van der Waals surface area contributed by atoms with Gasteiger partial charge >= 0.3 is 7.60 Å². The van der Waals surface area contributed by atoms with E-state index in [2.05, 4.69) is 4.52 Å². The molecule has 0 saturated heterocycles. The first-order chi connectivity index (χ1) is 5.12. The summed E-state index contributed by atoms with van der Waals surface area (Å²) in [4.78, 5) is 8.71. The molecule has 0 aliphatic rings. The van der Waals surface area contributed by atoms with Gasteiger partial charge in [-0.05, 0) is 6.42 Å². The zero-order valence-electron chi connectivity index (χ0n) is 6.69. The van der Waals surface area contributed by atoms with Crippen molar-refractivity contribution < 1.29 is 19.1 Å². The monoisotopic (exact) mass is 182 g/mol. The number of aliphatic hydroxyl groups is 1. The quantitative estimate of drug-likeness (QED) is 0.480. The lowest BCUT2D eigenvalue weighted by molar-refractivity contribution is 0.220. The van der Waals surface area contributed by atoms with E-state index in [-0.39, 0.29) is 6.61 Å². The zero-order chi connectivity index (χ0) is 8.74. The molecule has 0 fully saturated rings. The topological polar surface area (TPSA) is 66.8 Å². The summed E-state index contributed by atoms with van der Waals surface area (Å²) in [6, 6.07) is 0. The van der Waals surface area contributed by atoms with E-state index in [1.807, 2.05) is 6.92 Å². The lowest BCUT2D eigenvalue weighted by Gasteiger charge is -2.07. The highest BCUT2D eigenvalue weighted by molar-refractivity contribution is 7.52. The molecule has 1 unspecified atom stereocenters. The number of unbranched alkanes of at least 4 members (excludes halogenated alkanes) is 2. The van der Waals surface area contributed by atoms with Gasteiger partial charge in [-0.15, -0.1) is 0 Å². The van der Waals surface area contributed by atoms with Crippen molar-refractivity contribution in [1.82, 2.24) is 0 Å². The Morgan fingerprint density at radius 3 is 2.55 bits per heavy atom. The molecule has 0 aromatic heterocycles. The van der Waals surface area contributed by atoms with Crippen LogP contribution in [-0.2, 0) is 9.09 Å². The third-order valence-electron chi connectivity index (χ3n) is 1.22. The molecular weight excluding hydrogens is 167 g/mol. The van der Waals surface area contributed by atoms with Crippen LogP contribution in [-0.4, -0.2) is 23.0 Å². The van der Waals surface area contributed by atoms with E-state index in [1.54, 1.807) is 0 Å². The van der Waals surface area contributed by atoms with Crippen molar-refractivity contribution >= 4 is 7.60 Å². The van der Waals surface area contributed by atoms with Gasteiger partial charge < -0.3 is 14.5 Å². The molecule has 0 rings (SSSR count). The van der Waals surface area contributed by atoms with Gasteiger partial charge in [0.2, 0.25) is 0 Å². The second kappa shape index (κ2) is 5.72. The highest BCUT2D eigenvalue weighted by Gasteiger charge is 2.15. The molecule has 0 aliphatic carbocycles. The summed E-state index contributed by atoms with van der Waals surface area (Å²) < 4.78 is 15.2. The number of hydrogen-bond acceptors (Lipinski definition) is 3. The van der Waals surface area contributed by atoms with Gasteiger partial charge in [0.25, 0.3) is 0 Å². The second-order valence-electron chi connectivity index (χ2n) is 2.32. The molecule has 4 nitrogen and oxygen atoms in total. The van der Waals surface area contributed by atoms with E-state index in [0.717, 1.165) is 19.3 Å². The summed E-state index contributed by atoms with van der Waals surface area (Å²) in [6.07, 6.45) is 1.99. The molecule has 0 aromatic carbocycles. The highest BCUT2D eigenvalue weighted by atomic mass is 31.2. The van der Waals surface area contributed by atoms with Gasteiger partial charge in [-0.25, -0.2) is 0 Å². The molecule has 1 atom stereocenters. The first kappa shape index (κ1) is 11.1. The smallest absolute Gasteiger partial charge is 0.353 e. The van der Waals surface area contributed by atoms with Crippen molar-refractivity contribution in [1.29, 1.82) is 0 Å². The fourth-order valence-corrected chi connectivity index (χ4v) is 1.10. The fraction of sp³-hybridized carbons (Fsp3) is 1.00. The minimum atomic E-state index is -3.66. The van der Waals surface area contributed by atoms with Gasteiger partial charge in [0.1, 0.15) is 6.35 Å². The van der Waals surface area contributed by atoms with E-state index in [9.17, 15) is 4.57 Å². The van der Waals surface area contributed by atoms with Crippen molar-refractivity contribution in [2.75, 3.05) is 13.0 Å². The molecule has 0 aliphatic heterocycles. The zero-order valence-corrected chi connectivity index (χ0v) is 7.59. The van der Waals surface area contributed by atoms with Crippen LogP contribution < -0.4 is 0 Å². The van der Waals surface area contributed by atoms with Crippen molar-refractivity contribution in [2.45, 2.75) is 26.2 Å². The van der Waals surface area contributed by atoms with Gasteiger partial charge in [-0.1, -0.05) is 19.8 Å². The van der Waals surface area contributed by atoms with Crippen molar-refractivity contribution in [3.8, 4) is 0 Å². The first-order valence-corrected chi connectivity index (χ1v) is 5.46. The molecule has 0 radical (unpaired) electrons. The van der Waals surface area contributed by atoms with Crippen molar-refractivity contribution in [3.63, 3.8) is 0 Å². The lowest BCUT2D eigenvalue weighted by atomic mass is 10.3. The van der Waals surface area contributed by atoms with Crippen LogP contribution in [0.3, 0.4) is 0 Å². The van der Waals surface area contributed by atoms with Gasteiger partial charge in [-0.3, -0.25) is 4.57 Å². The Labute approximate surface area is 66.7 Å². The molecule has 0 bridgehead atoms. The van der Waals surface area contributed by atoms with Crippen LogP contribution in [0.2, 0.25) is 0 Å². The molecular formula is C6H15O4P. The summed E-state index contributed by atoms with van der Waals surface area (Å²) >= 11 is 0. The first-order valence-electron chi connectivity index (χ1n) is 3.69. The van der Waals surface area contributed by atoms with E-state index in [1.165, 1.54) is 0 Å². The molecule has 0 saturated carbocycles. The van der Waals surface area contributed by atoms with Crippen LogP contribution in [0.4, 0.5) is 0 Å².